The average Bonchev–Trinajstić information content (AvgIpc) is 2.57. The monoisotopic (exact) mass is 360 g/mol. The molecule has 0 aliphatic heterocycles. The highest BCUT2D eigenvalue weighted by molar-refractivity contribution is 5.85. The number of halogens is 1. The van der Waals surface area contributed by atoms with Gasteiger partial charge in [-0.15, -0.1) is 12.4 Å². The lowest BCUT2D eigenvalue weighted by molar-refractivity contribution is -0.121. The third-order valence-electron chi connectivity index (χ3n) is 3.52. The lowest BCUT2D eigenvalue weighted by atomic mass is 10.1. The summed E-state index contributed by atoms with van der Waals surface area (Å²) in [5, 5.41) is 6.18. The van der Waals surface area contributed by atoms with Crippen LogP contribution in [0.4, 0.5) is 0 Å². The zero-order valence-corrected chi connectivity index (χ0v) is 15.9. The van der Waals surface area contributed by atoms with Crippen molar-refractivity contribution in [2.24, 2.45) is 0 Å². The third-order valence-corrected chi connectivity index (χ3v) is 3.52. The molecule has 24 heavy (non-hydrogen) atoms. The van der Waals surface area contributed by atoms with Gasteiger partial charge in [-0.25, -0.2) is 0 Å². The summed E-state index contributed by atoms with van der Waals surface area (Å²) in [7, 11) is 4.73. The van der Waals surface area contributed by atoms with E-state index in [1.165, 1.54) is 0 Å². The quantitative estimate of drug-likeness (QED) is 0.669. The van der Waals surface area contributed by atoms with Crippen molar-refractivity contribution in [2.45, 2.75) is 32.7 Å². The molecule has 6 nitrogen and oxygen atoms in total. The highest BCUT2D eigenvalue weighted by atomic mass is 35.5. The number of nitrogens with one attached hydrogen (secondary N) is 2. The molecule has 1 aromatic carbocycles. The summed E-state index contributed by atoms with van der Waals surface area (Å²) in [5.74, 6) is 1.79. The molecule has 0 spiro atoms. The standard InChI is InChI=1S/C17H28N2O4.ClH/c1-6-18-12(2)11-19-16(20)8-7-13-9-14(21-3)17(23-5)15(10-13)22-4;/h9-10,12,18H,6-8,11H2,1-5H3,(H,19,20);1H/t12-;/m1./s1. The van der Waals surface area contributed by atoms with E-state index in [0.29, 0.717) is 36.6 Å². The molecule has 1 atom stereocenters. The molecule has 0 heterocycles. The number of hydrogen-bond acceptors (Lipinski definition) is 5. The van der Waals surface area contributed by atoms with Gasteiger partial charge < -0.3 is 24.8 Å². The molecule has 2 N–H and O–H groups in total. The lowest BCUT2D eigenvalue weighted by Gasteiger charge is -2.15. The highest BCUT2D eigenvalue weighted by Crippen LogP contribution is 2.38. The van der Waals surface area contributed by atoms with Crippen molar-refractivity contribution in [1.29, 1.82) is 0 Å². The Morgan fingerprint density at radius 2 is 1.71 bits per heavy atom. The van der Waals surface area contributed by atoms with Crippen LogP contribution in [-0.2, 0) is 11.2 Å². The number of carbonyl (C=O) groups excluding carboxylic acids is 1. The summed E-state index contributed by atoms with van der Waals surface area (Å²) in [6.07, 6.45) is 1.02. The maximum atomic E-state index is 11.9. The second-order valence-electron chi connectivity index (χ2n) is 5.30. The van der Waals surface area contributed by atoms with E-state index < -0.39 is 0 Å². The van der Waals surface area contributed by atoms with Crippen molar-refractivity contribution in [3.05, 3.63) is 17.7 Å². The molecule has 0 saturated heterocycles. The molecular formula is C17H29ClN2O4. The smallest absolute Gasteiger partial charge is 0.220 e. The van der Waals surface area contributed by atoms with E-state index in [0.717, 1.165) is 12.1 Å². The Balaban J connectivity index is 0.00000529. The van der Waals surface area contributed by atoms with E-state index in [-0.39, 0.29) is 24.4 Å². The van der Waals surface area contributed by atoms with Gasteiger partial charge in [0.25, 0.3) is 0 Å². The Morgan fingerprint density at radius 1 is 1.12 bits per heavy atom. The minimum absolute atomic E-state index is 0. The number of carbonyl (C=O) groups is 1. The molecular weight excluding hydrogens is 332 g/mol. The summed E-state index contributed by atoms with van der Waals surface area (Å²) < 4.78 is 15.9. The molecule has 7 heteroatoms. The van der Waals surface area contributed by atoms with Gasteiger partial charge in [-0.2, -0.15) is 0 Å². The van der Waals surface area contributed by atoms with Gasteiger partial charge in [0, 0.05) is 19.0 Å². The topological polar surface area (TPSA) is 68.8 Å². The molecule has 0 bridgehead atoms. The Kier molecular flexibility index (Phi) is 11.0. The predicted octanol–water partition coefficient (Wildman–Crippen LogP) is 2.18. The number of rotatable bonds is 10. The van der Waals surface area contributed by atoms with Crippen LogP contribution < -0.4 is 24.8 Å². The number of likely N-dealkylation sites (N-methyl/N-ethyl adjacent to an activating group) is 1. The van der Waals surface area contributed by atoms with Gasteiger partial charge in [-0.1, -0.05) is 6.92 Å². The molecule has 1 aromatic rings. The SMILES string of the molecule is CCN[C@H](C)CNC(=O)CCc1cc(OC)c(OC)c(OC)c1.Cl. The van der Waals surface area contributed by atoms with Gasteiger partial charge in [0.15, 0.2) is 11.5 Å². The van der Waals surface area contributed by atoms with Gasteiger partial charge in [0.1, 0.15) is 0 Å². The van der Waals surface area contributed by atoms with Crippen LogP contribution in [0.3, 0.4) is 0 Å². The minimum atomic E-state index is 0. The minimum Gasteiger partial charge on any atom is -0.493 e. The predicted molar refractivity (Wildman–Crippen MR) is 97.8 cm³/mol. The molecule has 1 rings (SSSR count). The number of amides is 1. The second kappa shape index (κ2) is 11.8. The highest BCUT2D eigenvalue weighted by Gasteiger charge is 2.14. The van der Waals surface area contributed by atoms with E-state index in [1.807, 2.05) is 26.0 Å². The fourth-order valence-electron chi connectivity index (χ4n) is 2.31. The maximum Gasteiger partial charge on any atom is 0.220 e. The van der Waals surface area contributed by atoms with Crippen molar-refractivity contribution in [3.8, 4) is 17.2 Å². The number of ether oxygens (including phenoxy) is 3. The number of benzene rings is 1. The molecule has 0 unspecified atom stereocenters. The van der Waals surface area contributed by atoms with Crippen LogP contribution in [0.2, 0.25) is 0 Å². The first-order chi connectivity index (χ1) is 11.0. The van der Waals surface area contributed by atoms with Crippen molar-refractivity contribution in [1.82, 2.24) is 10.6 Å². The Labute approximate surface area is 150 Å². The second-order valence-corrected chi connectivity index (χ2v) is 5.30. The van der Waals surface area contributed by atoms with E-state index >= 15 is 0 Å². The summed E-state index contributed by atoms with van der Waals surface area (Å²) in [4.78, 5) is 11.9. The number of methoxy groups -OCH3 is 3. The summed E-state index contributed by atoms with van der Waals surface area (Å²) >= 11 is 0. The number of aryl methyl sites for hydroxylation is 1. The first-order valence-corrected chi connectivity index (χ1v) is 7.84. The van der Waals surface area contributed by atoms with Crippen molar-refractivity contribution in [3.63, 3.8) is 0 Å². The third kappa shape index (κ3) is 6.84. The van der Waals surface area contributed by atoms with Gasteiger partial charge in [0.2, 0.25) is 11.7 Å². The van der Waals surface area contributed by atoms with E-state index in [9.17, 15) is 4.79 Å². The molecule has 0 aliphatic rings. The van der Waals surface area contributed by atoms with Gasteiger partial charge in [-0.05, 0) is 37.6 Å². The first-order valence-electron chi connectivity index (χ1n) is 7.84. The average molecular weight is 361 g/mol. The largest absolute Gasteiger partial charge is 0.493 e. The van der Waals surface area contributed by atoms with Crippen molar-refractivity contribution < 1.29 is 19.0 Å². The van der Waals surface area contributed by atoms with Crippen LogP contribution in [0.25, 0.3) is 0 Å². The summed E-state index contributed by atoms with van der Waals surface area (Å²) in [6.45, 7) is 5.61. The van der Waals surface area contributed by atoms with Gasteiger partial charge in [0.05, 0.1) is 21.3 Å². The van der Waals surface area contributed by atoms with Crippen molar-refractivity contribution in [2.75, 3.05) is 34.4 Å². The Bertz CT molecular complexity index is 486. The van der Waals surface area contributed by atoms with Crippen LogP contribution in [0.15, 0.2) is 12.1 Å². The molecule has 0 aliphatic carbocycles. The van der Waals surface area contributed by atoms with Gasteiger partial charge in [-0.3, -0.25) is 4.79 Å². The van der Waals surface area contributed by atoms with Crippen LogP contribution in [0.1, 0.15) is 25.8 Å². The summed E-state index contributed by atoms with van der Waals surface area (Å²) in [6, 6.07) is 4.01. The van der Waals surface area contributed by atoms with Crippen LogP contribution in [0, 0.1) is 0 Å². The van der Waals surface area contributed by atoms with Crippen LogP contribution in [-0.4, -0.2) is 46.4 Å². The van der Waals surface area contributed by atoms with E-state index in [4.69, 9.17) is 14.2 Å². The van der Waals surface area contributed by atoms with Crippen LogP contribution >= 0.6 is 12.4 Å². The Morgan fingerprint density at radius 3 is 2.17 bits per heavy atom. The molecule has 0 saturated carbocycles. The zero-order valence-electron chi connectivity index (χ0n) is 15.1. The molecule has 138 valence electrons. The fourth-order valence-corrected chi connectivity index (χ4v) is 2.31. The van der Waals surface area contributed by atoms with Crippen molar-refractivity contribution >= 4 is 18.3 Å². The van der Waals surface area contributed by atoms with Gasteiger partial charge >= 0.3 is 0 Å². The molecule has 0 fully saturated rings. The fraction of sp³-hybridized carbons (Fsp3) is 0.588. The summed E-state index contributed by atoms with van der Waals surface area (Å²) in [5.41, 5.74) is 0.967. The molecule has 0 aromatic heterocycles. The van der Waals surface area contributed by atoms with E-state index in [1.54, 1.807) is 21.3 Å². The van der Waals surface area contributed by atoms with E-state index in [2.05, 4.69) is 10.6 Å². The maximum absolute atomic E-state index is 11.9. The zero-order chi connectivity index (χ0) is 17.2. The normalized spacial score (nSPS) is 11.2. The molecule has 1 amide bonds. The first kappa shape index (κ1) is 22.3. The number of hydrogen-bond donors (Lipinski definition) is 2. The van der Waals surface area contributed by atoms with Crippen LogP contribution in [0.5, 0.6) is 17.2 Å². The Hall–Kier alpha value is -1.66. The molecule has 0 radical (unpaired) electrons. The lowest BCUT2D eigenvalue weighted by Crippen LogP contribution is -2.38.